The van der Waals surface area contributed by atoms with Gasteiger partial charge in [0, 0.05) is 22.3 Å². The molecule has 5 heteroatoms. The van der Waals surface area contributed by atoms with Gasteiger partial charge >= 0.3 is 0 Å². The molecule has 0 aromatic heterocycles. The van der Waals surface area contributed by atoms with Gasteiger partial charge in [-0.1, -0.05) is 0 Å². The Morgan fingerprint density at radius 3 is 2.61 bits per heavy atom. The number of non-ortho nitro benzene ring substituents is 1. The Morgan fingerprint density at radius 1 is 1.39 bits per heavy atom. The molecule has 0 radical (unpaired) electrons. The molecule has 1 aliphatic heterocycles. The maximum Gasteiger partial charge on any atom is 0.269 e. The van der Waals surface area contributed by atoms with Crippen LogP contribution in [0, 0.1) is 17.0 Å². The van der Waals surface area contributed by atoms with Crippen LogP contribution in [0.25, 0.3) is 0 Å². The van der Waals surface area contributed by atoms with E-state index in [9.17, 15) is 10.1 Å². The number of piperidine rings is 1. The van der Waals surface area contributed by atoms with Crippen molar-refractivity contribution in [2.75, 3.05) is 20.1 Å². The highest BCUT2D eigenvalue weighted by Gasteiger charge is 2.19. The molecule has 1 fully saturated rings. The van der Waals surface area contributed by atoms with Crippen molar-refractivity contribution in [2.24, 2.45) is 0 Å². The lowest BCUT2D eigenvalue weighted by atomic mass is 10.1. The Kier molecular flexibility index (Phi) is 4.24. The number of thioether (sulfide) groups is 1. The Bertz CT molecular complexity index is 443. The Balaban J connectivity index is 2.03. The van der Waals surface area contributed by atoms with Gasteiger partial charge in [0.1, 0.15) is 0 Å². The number of likely N-dealkylation sites (tertiary alicyclic amines) is 1. The van der Waals surface area contributed by atoms with E-state index >= 15 is 0 Å². The molecule has 4 nitrogen and oxygen atoms in total. The van der Waals surface area contributed by atoms with Gasteiger partial charge in [-0.3, -0.25) is 10.1 Å². The zero-order valence-corrected chi connectivity index (χ0v) is 11.6. The highest BCUT2D eigenvalue weighted by molar-refractivity contribution is 8.00. The maximum atomic E-state index is 10.7. The van der Waals surface area contributed by atoms with Gasteiger partial charge in [-0.25, -0.2) is 0 Å². The fourth-order valence-corrected chi connectivity index (χ4v) is 3.36. The molecule has 18 heavy (non-hydrogen) atoms. The van der Waals surface area contributed by atoms with E-state index in [-0.39, 0.29) is 10.6 Å². The molecule has 98 valence electrons. The van der Waals surface area contributed by atoms with E-state index < -0.39 is 0 Å². The lowest BCUT2D eigenvalue weighted by molar-refractivity contribution is -0.385. The summed E-state index contributed by atoms with van der Waals surface area (Å²) >= 11 is 1.86. The average molecular weight is 266 g/mol. The molecular weight excluding hydrogens is 248 g/mol. The number of benzene rings is 1. The fourth-order valence-electron chi connectivity index (χ4n) is 2.16. The first-order valence-corrected chi connectivity index (χ1v) is 7.04. The molecule has 1 aromatic carbocycles. The minimum atomic E-state index is -0.336. The van der Waals surface area contributed by atoms with E-state index in [1.165, 1.54) is 17.7 Å². The summed E-state index contributed by atoms with van der Waals surface area (Å²) < 4.78 is 0. The van der Waals surface area contributed by atoms with Crippen molar-refractivity contribution in [3.05, 3.63) is 33.9 Å². The first-order chi connectivity index (χ1) is 8.56. The van der Waals surface area contributed by atoms with Gasteiger partial charge in [0.15, 0.2) is 0 Å². The predicted molar refractivity (Wildman–Crippen MR) is 74.2 cm³/mol. The molecule has 1 aromatic rings. The Labute approximate surface area is 112 Å². The van der Waals surface area contributed by atoms with Gasteiger partial charge in [-0.15, -0.1) is 11.8 Å². The average Bonchev–Trinajstić information content (AvgIpc) is 2.34. The molecule has 1 saturated heterocycles. The van der Waals surface area contributed by atoms with E-state index in [1.807, 2.05) is 24.8 Å². The minimum Gasteiger partial charge on any atom is -0.306 e. The third kappa shape index (κ3) is 3.23. The molecule has 1 heterocycles. The van der Waals surface area contributed by atoms with Crippen LogP contribution in [0.5, 0.6) is 0 Å². The first kappa shape index (κ1) is 13.4. The molecule has 0 aliphatic carbocycles. The van der Waals surface area contributed by atoms with Crippen LogP contribution < -0.4 is 0 Å². The van der Waals surface area contributed by atoms with Crippen LogP contribution in [0.4, 0.5) is 5.69 Å². The standard InChI is InChI=1S/C13H18N2O2S/c1-10-9-11(15(16)17)3-4-13(10)18-12-5-7-14(2)8-6-12/h3-4,9,12H,5-8H2,1-2H3. The third-order valence-corrected chi connectivity index (χ3v) is 4.85. The van der Waals surface area contributed by atoms with Gasteiger partial charge in [0.25, 0.3) is 5.69 Å². The zero-order chi connectivity index (χ0) is 13.1. The third-order valence-electron chi connectivity index (χ3n) is 3.33. The summed E-state index contributed by atoms with van der Waals surface area (Å²) in [5, 5.41) is 11.3. The summed E-state index contributed by atoms with van der Waals surface area (Å²) in [6.07, 6.45) is 2.38. The van der Waals surface area contributed by atoms with Crippen LogP contribution in [-0.4, -0.2) is 35.2 Å². The highest BCUT2D eigenvalue weighted by Crippen LogP contribution is 2.33. The quantitative estimate of drug-likeness (QED) is 0.623. The molecule has 0 bridgehead atoms. The molecular formula is C13H18N2O2S. The van der Waals surface area contributed by atoms with Crippen molar-refractivity contribution in [3.8, 4) is 0 Å². The van der Waals surface area contributed by atoms with Gasteiger partial charge in [-0.05, 0) is 51.5 Å². The van der Waals surface area contributed by atoms with Crippen LogP contribution in [0.1, 0.15) is 18.4 Å². The van der Waals surface area contributed by atoms with Crippen molar-refractivity contribution in [1.29, 1.82) is 0 Å². The van der Waals surface area contributed by atoms with Crippen molar-refractivity contribution in [1.82, 2.24) is 4.90 Å². The van der Waals surface area contributed by atoms with Gasteiger partial charge in [0.05, 0.1) is 4.92 Å². The van der Waals surface area contributed by atoms with Crippen LogP contribution >= 0.6 is 11.8 Å². The summed E-state index contributed by atoms with van der Waals surface area (Å²) in [4.78, 5) is 13.9. The Morgan fingerprint density at radius 2 is 2.06 bits per heavy atom. The van der Waals surface area contributed by atoms with Crippen molar-refractivity contribution in [3.63, 3.8) is 0 Å². The van der Waals surface area contributed by atoms with Crippen molar-refractivity contribution < 1.29 is 4.92 Å². The van der Waals surface area contributed by atoms with Crippen LogP contribution in [-0.2, 0) is 0 Å². The zero-order valence-electron chi connectivity index (χ0n) is 10.8. The van der Waals surface area contributed by atoms with Gasteiger partial charge in [-0.2, -0.15) is 0 Å². The summed E-state index contributed by atoms with van der Waals surface area (Å²) in [5.74, 6) is 0. The van der Waals surface area contributed by atoms with Gasteiger partial charge < -0.3 is 4.90 Å². The molecule has 0 atom stereocenters. The largest absolute Gasteiger partial charge is 0.306 e. The van der Waals surface area contributed by atoms with Crippen molar-refractivity contribution in [2.45, 2.75) is 29.9 Å². The number of hydrogen-bond donors (Lipinski definition) is 0. The summed E-state index contributed by atoms with van der Waals surface area (Å²) in [7, 11) is 2.15. The number of nitrogens with zero attached hydrogens (tertiary/aromatic N) is 2. The molecule has 0 saturated carbocycles. The first-order valence-electron chi connectivity index (χ1n) is 6.16. The molecule has 2 rings (SSSR count). The second-order valence-corrected chi connectivity index (χ2v) is 6.17. The second-order valence-electron chi connectivity index (χ2n) is 4.83. The van der Waals surface area contributed by atoms with E-state index in [4.69, 9.17) is 0 Å². The molecule has 0 N–H and O–H groups in total. The van der Waals surface area contributed by atoms with E-state index in [2.05, 4.69) is 11.9 Å². The lowest BCUT2D eigenvalue weighted by Gasteiger charge is -2.28. The normalized spacial score (nSPS) is 17.9. The van der Waals surface area contributed by atoms with Gasteiger partial charge in [0.2, 0.25) is 0 Å². The number of nitro groups is 1. The van der Waals surface area contributed by atoms with E-state index in [1.54, 1.807) is 12.1 Å². The minimum absolute atomic E-state index is 0.181. The maximum absolute atomic E-state index is 10.7. The summed E-state index contributed by atoms with van der Waals surface area (Å²) in [6, 6.07) is 5.15. The van der Waals surface area contributed by atoms with Crippen LogP contribution in [0.3, 0.4) is 0 Å². The van der Waals surface area contributed by atoms with Crippen LogP contribution in [0.15, 0.2) is 23.1 Å². The topological polar surface area (TPSA) is 46.4 Å². The number of nitro benzene ring substituents is 1. The van der Waals surface area contributed by atoms with Crippen LogP contribution in [0.2, 0.25) is 0 Å². The Hall–Kier alpha value is -1.07. The number of hydrogen-bond acceptors (Lipinski definition) is 4. The smallest absolute Gasteiger partial charge is 0.269 e. The second kappa shape index (κ2) is 5.71. The van der Waals surface area contributed by atoms with E-state index in [0.717, 1.165) is 18.7 Å². The number of rotatable bonds is 3. The molecule has 1 aliphatic rings. The number of aryl methyl sites for hydroxylation is 1. The summed E-state index contributed by atoms with van der Waals surface area (Å²) in [6.45, 7) is 4.23. The lowest BCUT2D eigenvalue weighted by Crippen LogP contribution is -2.31. The van der Waals surface area contributed by atoms with E-state index in [0.29, 0.717) is 5.25 Å². The molecule has 0 spiro atoms. The SMILES string of the molecule is Cc1cc([N+](=O)[O-])ccc1SC1CCN(C)CC1. The molecule has 0 amide bonds. The monoisotopic (exact) mass is 266 g/mol. The van der Waals surface area contributed by atoms with Crippen molar-refractivity contribution >= 4 is 17.4 Å². The highest BCUT2D eigenvalue weighted by atomic mass is 32.2. The summed E-state index contributed by atoms with van der Waals surface area (Å²) in [5.41, 5.74) is 1.19. The molecule has 0 unspecified atom stereocenters. The fraction of sp³-hybridized carbons (Fsp3) is 0.538. The predicted octanol–water partition coefficient (Wildman–Crippen LogP) is 3.09.